The van der Waals surface area contributed by atoms with Crippen LogP contribution in [-0.4, -0.2) is 32.2 Å². The summed E-state index contributed by atoms with van der Waals surface area (Å²) in [5.74, 6) is -1.17. The Hall–Kier alpha value is -1.94. The highest BCUT2D eigenvalue weighted by atomic mass is 32.1. The molecule has 112 valence electrons. The summed E-state index contributed by atoms with van der Waals surface area (Å²) < 4.78 is 0. The topological polar surface area (TPSA) is 110 Å². The quantitative estimate of drug-likeness (QED) is 0.823. The van der Waals surface area contributed by atoms with Crippen LogP contribution in [0, 0.1) is 12.8 Å². The molecule has 8 nitrogen and oxygen atoms in total. The van der Waals surface area contributed by atoms with Crippen LogP contribution >= 0.6 is 22.7 Å². The number of aryl methyl sites for hydroxylation is 1. The minimum absolute atomic E-state index is 0.283. The second-order valence-corrected chi connectivity index (χ2v) is 6.88. The highest BCUT2D eigenvalue weighted by Gasteiger charge is 2.18. The normalized spacial score (nSPS) is 10.7. The maximum Gasteiger partial charge on any atom is 0.315 e. The Morgan fingerprint density at radius 2 is 1.57 bits per heavy atom. The maximum absolute atomic E-state index is 11.7. The molecule has 0 fully saturated rings. The maximum atomic E-state index is 11.7. The van der Waals surface area contributed by atoms with Gasteiger partial charge in [0.1, 0.15) is 10.0 Å². The van der Waals surface area contributed by atoms with E-state index in [-0.39, 0.29) is 5.13 Å². The van der Waals surface area contributed by atoms with Crippen LogP contribution in [0.2, 0.25) is 0 Å². The molecule has 0 spiro atoms. The Labute approximate surface area is 129 Å². The molecule has 0 unspecified atom stereocenters. The van der Waals surface area contributed by atoms with Crippen molar-refractivity contribution in [3.63, 3.8) is 0 Å². The van der Waals surface area contributed by atoms with Crippen molar-refractivity contribution in [2.45, 2.75) is 27.2 Å². The number of nitrogens with one attached hydrogen (secondary N) is 2. The van der Waals surface area contributed by atoms with Gasteiger partial charge in [0.2, 0.25) is 10.3 Å². The third-order valence-corrected chi connectivity index (χ3v) is 3.84. The lowest BCUT2D eigenvalue weighted by atomic mass is 10.1. The molecular formula is C11H14N6O2S2. The van der Waals surface area contributed by atoms with Crippen LogP contribution in [0.15, 0.2) is 0 Å². The minimum Gasteiger partial charge on any atom is -0.292 e. The molecule has 0 saturated carbocycles. The first-order valence-corrected chi connectivity index (χ1v) is 7.82. The third kappa shape index (κ3) is 4.53. The molecule has 2 N–H and O–H groups in total. The van der Waals surface area contributed by atoms with Crippen LogP contribution in [0.1, 0.15) is 23.9 Å². The predicted molar refractivity (Wildman–Crippen MR) is 80.4 cm³/mol. The molecule has 21 heavy (non-hydrogen) atoms. The Bertz CT molecular complexity index is 651. The number of carbonyl (C=O) groups excluding carboxylic acids is 2. The van der Waals surface area contributed by atoms with Crippen molar-refractivity contribution in [1.29, 1.82) is 0 Å². The van der Waals surface area contributed by atoms with E-state index in [1.54, 1.807) is 6.92 Å². The first-order valence-electron chi connectivity index (χ1n) is 6.19. The summed E-state index contributed by atoms with van der Waals surface area (Å²) in [6.45, 7) is 5.89. The van der Waals surface area contributed by atoms with E-state index < -0.39 is 11.8 Å². The number of aromatic nitrogens is 4. The fourth-order valence-corrected chi connectivity index (χ4v) is 2.92. The molecule has 0 aliphatic rings. The van der Waals surface area contributed by atoms with Crippen LogP contribution in [0.25, 0.3) is 0 Å². The summed E-state index contributed by atoms with van der Waals surface area (Å²) in [5.41, 5.74) is 0. The zero-order valence-electron chi connectivity index (χ0n) is 11.7. The molecule has 0 atom stereocenters. The number of amides is 2. The molecule has 0 aliphatic carbocycles. The highest BCUT2D eigenvalue weighted by molar-refractivity contribution is 7.15. The molecule has 0 bridgehead atoms. The molecule has 0 aromatic carbocycles. The van der Waals surface area contributed by atoms with E-state index in [0.717, 1.165) is 11.4 Å². The van der Waals surface area contributed by atoms with E-state index in [1.807, 2.05) is 0 Å². The molecule has 2 aromatic heterocycles. The summed E-state index contributed by atoms with van der Waals surface area (Å²) in [7, 11) is 0. The van der Waals surface area contributed by atoms with Gasteiger partial charge in [-0.05, 0) is 12.8 Å². The number of anilines is 2. The summed E-state index contributed by atoms with van der Waals surface area (Å²) >= 11 is 2.45. The number of hydrogen-bond acceptors (Lipinski definition) is 8. The monoisotopic (exact) mass is 326 g/mol. The average molecular weight is 326 g/mol. The van der Waals surface area contributed by atoms with Crippen LogP contribution in [0.5, 0.6) is 0 Å². The van der Waals surface area contributed by atoms with Crippen LogP contribution in [0.4, 0.5) is 10.3 Å². The highest BCUT2D eigenvalue weighted by Crippen LogP contribution is 2.18. The minimum atomic E-state index is -0.813. The van der Waals surface area contributed by atoms with Crippen molar-refractivity contribution in [3.05, 3.63) is 10.0 Å². The SMILES string of the molecule is Cc1nnc(NC(=O)C(=O)Nc2nnc(CC(C)C)s2)s1. The largest absolute Gasteiger partial charge is 0.315 e. The zero-order chi connectivity index (χ0) is 15.4. The van der Waals surface area contributed by atoms with Crippen molar-refractivity contribution in [2.75, 3.05) is 10.6 Å². The van der Waals surface area contributed by atoms with E-state index >= 15 is 0 Å². The van der Waals surface area contributed by atoms with E-state index in [1.165, 1.54) is 22.7 Å². The number of nitrogens with zero attached hydrogens (tertiary/aromatic N) is 4. The van der Waals surface area contributed by atoms with Gasteiger partial charge in [-0.3, -0.25) is 20.2 Å². The molecule has 0 radical (unpaired) electrons. The molecular weight excluding hydrogens is 312 g/mol. The average Bonchev–Trinajstić information content (AvgIpc) is 2.98. The fourth-order valence-electron chi connectivity index (χ4n) is 1.39. The lowest BCUT2D eigenvalue weighted by Gasteiger charge is -2.00. The van der Waals surface area contributed by atoms with E-state index in [0.29, 0.717) is 16.1 Å². The first kappa shape index (κ1) is 15.4. The molecule has 10 heteroatoms. The Balaban J connectivity index is 1.91. The van der Waals surface area contributed by atoms with E-state index in [9.17, 15) is 9.59 Å². The van der Waals surface area contributed by atoms with Gasteiger partial charge < -0.3 is 0 Å². The summed E-state index contributed by atoms with van der Waals surface area (Å²) in [5, 5.41) is 22.1. The van der Waals surface area contributed by atoms with Gasteiger partial charge in [0.15, 0.2) is 0 Å². The molecule has 2 amide bonds. The third-order valence-electron chi connectivity index (χ3n) is 2.22. The van der Waals surface area contributed by atoms with Crippen molar-refractivity contribution in [2.24, 2.45) is 5.92 Å². The second-order valence-electron chi connectivity index (χ2n) is 4.63. The van der Waals surface area contributed by atoms with Gasteiger partial charge in [-0.1, -0.05) is 36.5 Å². The van der Waals surface area contributed by atoms with Crippen LogP contribution in [0.3, 0.4) is 0 Å². The Morgan fingerprint density at radius 3 is 2.10 bits per heavy atom. The molecule has 0 aliphatic heterocycles. The second kappa shape index (κ2) is 6.68. The van der Waals surface area contributed by atoms with Crippen LogP contribution in [-0.2, 0) is 16.0 Å². The Kier molecular flexibility index (Phi) is 4.91. The smallest absolute Gasteiger partial charge is 0.292 e. The van der Waals surface area contributed by atoms with Gasteiger partial charge in [0.05, 0.1) is 0 Å². The fraction of sp³-hybridized carbons (Fsp3) is 0.455. The van der Waals surface area contributed by atoms with Gasteiger partial charge in [-0.15, -0.1) is 20.4 Å². The van der Waals surface area contributed by atoms with Gasteiger partial charge in [0, 0.05) is 6.42 Å². The molecule has 0 saturated heterocycles. The lowest BCUT2D eigenvalue weighted by molar-refractivity contribution is -0.133. The van der Waals surface area contributed by atoms with E-state index in [4.69, 9.17) is 0 Å². The van der Waals surface area contributed by atoms with Gasteiger partial charge >= 0.3 is 11.8 Å². The summed E-state index contributed by atoms with van der Waals surface area (Å²) in [4.78, 5) is 23.4. The standard InChI is InChI=1S/C11H14N6O2S2/c1-5(2)4-7-15-17-11(21-7)13-9(19)8(18)12-10-16-14-6(3)20-10/h5H,4H2,1-3H3,(H,12,16,18)(H,13,17,19). The predicted octanol–water partition coefficient (Wildman–Crippen LogP) is 1.47. The van der Waals surface area contributed by atoms with E-state index in [2.05, 4.69) is 44.9 Å². The van der Waals surface area contributed by atoms with Crippen LogP contribution < -0.4 is 10.6 Å². The van der Waals surface area contributed by atoms with Gasteiger partial charge in [-0.2, -0.15) is 0 Å². The van der Waals surface area contributed by atoms with Crippen molar-refractivity contribution in [1.82, 2.24) is 20.4 Å². The molecule has 2 rings (SSSR count). The zero-order valence-corrected chi connectivity index (χ0v) is 13.3. The summed E-state index contributed by atoms with van der Waals surface area (Å²) in [6, 6.07) is 0. The Morgan fingerprint density at radius 1 is 1.00 bits per heavy atom. The first-order chi connectivity index (χ1) is 9.94. The van der Waals surface area contributed by atoms with Gasteiger partial charge in [-0.25, -0.2) is 0 Å². The number of hydrogen-bond donors (Lipinski definition) is 2. The van der Waals surface area contributed by atoms with Gasteiger partial charge in [0.25, 0.3) is 0 Å². The lowest BCUT2D eigenvalue weighted by Crippen LogP contribution is -2.29. The summed E-state index contributed by atoms with van der Waals surface area (Å²) in [6.07, 6.45) is 0.782. The number of rotatable bonds is 4. The molecule has 2 heterocycles. The van der Waals surface area contributed by atoms with Crippen molar-refractivity contribution >= 4 is 44.8 Å². The number of carbonyl (C=O) groups is 2. The molecule has 2 aromatic rings. The van der Waals surface area contributed by atoms with Crippen molar-refractivity contribution < 1.29 is 9.59 Å². The van der Waals surface area contributed by atoms with Crippen molar-refractivity contribution in [3.8, 4) is 0 Å².